The average Bonchev–Trinajstić information content (AvgIpc) is 2.79. The second-order valence-electron chi connectivity index (χ2n) is 6.43. The highest BCUT2D eigenvalue weighted by atomic mass is 16.4. The van der Waals surface area contributed by atoms with E-state index in [2.05, 4.69) is 0 Å². The van der Waals surface area contributed by atoms with Gasteiger partial charge in [-0.15, -0.1) is 0 Å². The van der Waals surface area contributed by atoms with Gasteiger partial charge in [0.25, 0.3) is 0 Å². The van der Waals surface area contributed by atoms with E-state index < -0.39 is 86.3 Å². The van der Waals surface area contributed by atoms with Gasteiger partial charge in [-0.2, -0.15) is 0 Å². The smallest absolute Gasteiger partial charge is 0.321 e. The Labute approximate surface area is 187 Å². The van der Waals surface area contributed by atoms with E-state index in [1.54, 1.807) is 0 Å². The number of carbonyl (C=O) groups is 4. The molecule has 9 atom stereocenters. The van der Waals surface area contributed by atoms with Crippen LogP contribution in [0.15, 0.2) is 0 Å². The largest absolute Gasteiger partial charge is 0.481 e. The van der Waals surface area contributed by atoms with E-state index in [1.165, 1.54) is 0 Å². The van der Waals surface area contributed by atoms with Crippen LogP contribution < -0.4 is 17.2 Å². The SMILES string of the molecule is N[C@@H](C=O)[C@@H](O)[C@H](O)[C@H](O)CO.N[C@@H](C=O)[C@@H](O)[C@H](O)[C@H](O)CO.N[C@@H](CC(=O)O)C(=O)O. The van der Waals surface area contributed by atoms with E-state index in [0.717, 1.165) is 0 Å². The summed E-state index contributed by atoms with van der Waals surface area (Å²) >= 11 is 0. The van der Waals surface area contributed by atoms with Gasteiger partial charge in [0, 0.05) is 0 Å². The van der Waals surface area contributed by atoms with Gasteiger partial charge in [0.2, 0.25) is 0 Å². The number of hydrogen-bond acceptors (Lipinski definition) is 15. The lowest BCUT2D eigenvalue weighted by Crippen LogP contribution is -2.49. The molecule has 16 N–H and O–H groups in total. The van der Waals surface area contributed by atoms with Crippen molar-refractivity contribution in [2.45, 2.75) is 61.2 Å². The number of hydrogen-bond donors (Lipinski definition) is 13. The lowest BCUT2D eigenvalue weighted by molar-refractivity contribution is -0.144. The molecule has 33 heavy (non-hydrogen) atoms. The number of nitrogens with two attached hydrogens (primary N) is 3. The van der Waals surface area contributed by atoms with Crippen LogP contribution in [0.5, 0.6) is 0 Å². The molecule has 0 aromatic carbocycles. The molecule has 17 nitrogen and oxygen atoms in total. The molecule has 0 bridgehead atoms. The van der Waals surface area contributed by atoms with Crippen molar-refractivity contribution in [1.29, 1.82) is 0 Å². The van der Waals surface area contributed by atoms with Gasteiger partial charge in [-0.1, -0.05) is 0 Å². The molecular weight excluding hydrogens is 458 g/mol. The van der Waals surface area contributed by atoms with Crippen molar-refractivity contribution in [1.82, 2.24) is 0 Å². The van der Waals surface area contributed by atoms with E-state index >= 15 is 0 Å². The molecule has 0 saturated carbocycles. The number of aliphatic hydroxyl groups is 8. The highest BCUT2D eigenvalue weighted by Gasteiger charge is 2.29. The van der Waals surface area contributed by atoms with Crippen molar-refractivity contribution < 1.29 is 70.2 Å². The van der Waals surface area contributed by atoms with Gasteiger partial charge >= 0.3 is 11.9 Å². The molecule has 0 amide bonds. The van der Waals surface area contributed by atoms with Crippen LogP contribution in [-0.2, 0) is 19.2 Å². The molecule has 0 unspecified atom stereocenters. The van der Waals surface area contributed by atoms with Gasteiger partial charge in [0.05, 0.1) is 31.7 Å². The minimum atomic E-state index is -1.62. The highest BCUT2D eigenvalue weighted by Crippen LogP contribution is 2.02. The summed E-state index contributed by atoms with van der Waals surface area (Å²) in [5.41, 5.74) is 14.9. The minimum Gasteiger partial charge on any atom is -0.481 e. The van der Waals surface area contributed by atoms with Gasteiger partial charge in [0.1, 0.15) is 55.2 Å². The Morgan fingerprint density at radius 2 is 0.970 bits per heavy atom. The van der Waals surface area contributed by atoms with Crippen molar-refractivity contribution in [2.75, 3.05) is 13.2 Å². The fraction of sp³-hybridized carbons (Fsp3) is 0.750. The fourth-order valence-corrected chi connectivity index (χ4v) is 1.56. The van der Waals surface area contributed by atoms with Crippen LogP contribution in [0.4, 0.5) is 0 Å². The Morgan fingerprint density at radius 3 is 1.12 bits per heavy atom. The first-order valence-electron chi connectivity index (χ1n) is 9.04. The number of rotatable bonds is 13. The number of carboxylic acid groups (broad SMARTS) is 2. The normalized spacial score (nSPS) is 18.8. The molecule has 0 fully saturated rings. The summed E-state index contributed by atoms with van der Waals surface area (Å²) in [6.07, 6.45) is -9.39. The monoisotopic (exact) mass is 491 g/mol. The second-order valence-corrected chi connectivity index (χ2v) is 6.43. The lowest BCUT2D eigenvalue weighted by Gasteiger charge is -2.23. The molecule has 0 spiro atoms. The molecule has 0 radical (unpaired) electrons. The van der Waals surface area contributed by atoms with Crippen LogP contribution in [0.3, 0.4) is 0 Å². The topological polar surface area (TPSA) is 349 Å². The lowest BCUT2D eigenvalue weighted by atomic mass is 10.0. The second kappa shape index (κ2) is 19.3. The zero-order chi connectivity index (χ0) is 26.9. The predicted molar refractivity (Wildman–Crippen MR) is 106 cm³/mol. The third-order valence-corrected chi connectivity index (χ3v) is 3.68. The molecule has 0 aliphatic carbocycles. The molecular formula is C16H33N3O14. The van der Waals surface area contributed by atoms with E-state index in [4.69, 9.17) is 68.3 Å². The summed E-state index contributed by atoms with van der Waals surface area (Å²) in [5.74, 6) is -2.50. The Morgan fingerprint density at radius 1 is 0.667 bits per heavy atom. The van der Waals surface area contributed by atoms with Crippen LogP contribution in [0.25, 0.3) is 0 Å². The minimum absolute atomic E-state index is 0.248. The summed E-state index contributed by atoms with van der Waals surface area (Å²) < 4.78 is 0. The fourth-order valence-electron chi connectivity index (χ4n) is 1.56. The molecule has 0 rings (SSSR count). The zero-order valence-electron chi connectivity index (χ0n) is 17.3. The molecule has 196 valence electrons. The van der Waals surface area contributed by atoms with Crippen molar-refractivity contribution in [3.05, 3.63) is 0 Å². The third kappa shape index (κ3) is 16.2. The Balaban J connectivity index is -0.000000414. The van der Waals surface area contributed by atoms with E-state index in [1.807, 2.05) is 0 Å². The first kappa shape index (κ1) is 35.4. The van der Waals surface area contributed by atoms with Gasteiger partial charge in [-0.3, -0.25) is 9.59 Å². The molecule has 0 aromatic heterocycles. The van der Waals surface area contributed by atoms with E-state index in [9.17, 15) is 19.2 Å². The zero-order valence-corrected chi connectivity index (χ0v) is 17.3. The van der Waals surface area contributed by atoms with Gasteiger partial charge in [-0.25, -0.2) is 0 Å². The molecule has 0 aliphatic rings. The Hall–Kier alpha value is -2.16. The van der Waals surface area contributed by atoms with Crippen molar-refractivity contribution in [2.24, 2.45) is 17.2 Å². The maximum absolute atomic E-state index is 10.0. The summed E-state index contributed by atoms with van der Waals surface area (Å²) in [4.78, 5) is 39.7. The standard InChI is InChI=1S/2C6H13NO5.C4H7NO4/c2*7-3(1-8)5(11)6(12)4(10)2-9;5-2(4(8)9)1-3(6)7/h2*1,3-6,9-12H,2,7H2;2H,1,5H2,(H,6,7)(H,8,9)/t2*3-,4+,5+,6+;2-/m000/s1. The highest BCUT2D eigenvalue weighted by molar-refractivity contribution is 5.80. The molecule has 0 heterocycles. The number of carbonyl (C=O) groups excluding carboxylic acids is 2. The maximum Gasteiger partial charge on any atom is 0.321 e. The average molecular weight is 491 g/mol. The van der Waals surface area contributed by atoms with Gasteiger partial charge < -0.3 is 77.9 Å². The molecule has 0 saturated heterocycles. The van der Waals surface area contributed by atoms with E-state index in [-0.39, 0.29) is 12.6 Å². The van der Waals surface area contributed by atoms with Crippen molar-refractivity contribution in [3.63, 3.8) is 0 Å². The third-order valence-electron chi connectivity index (χ3n) is 3.68. The Kier molecular flexibility index (Phi) is 20.7. The number of aliphatic carboxylic acids is 2. The summed E-state index contributed by atoms with van der Waals surface area (Å²) in [6, 6.07) is -3.81. The molecule has 0 aromatic rings. The number of aliphatic hydroxyl groups excluding tert-OH is 8. The first-order chi connectivity index (χ1) is 15.1. The first-order valence-corrected chi connectivity index (χ1v) is 9.04. The van der Waals surface area contributed by atoms with Crippen LogP contribution in [0.1, 0.15) is 6.42 Å². The van der Waals surface area contributed by atoms with Gasteiger partial charge in [0.15, 0.2) is 0 Å². The van der Waals surface area contributed by atoms with Crippen molar-refractivity contribution in [3.8, 4) is 0 Å². The van der Waals surface area contributed by atoms with E-state index in [0.29, 0.717) is 0 Å². The van der Waals surface area contributed by atoms with Crippen LogP contribution in [0.2, 0.25) is 0 Å². The van der Waals surface area contributed by atoms with Crippen LogP contribution >= 0.6 is 0 Å². The quantitative estimate of drug-likeness (QED) is 0.106. The maximum atomic E-state index is 10.0. The Bertz CT molecular complexity index is 537. The van der Waals surface area contributed by atoms with Crippen molar-refractivity contribution >= 4 is 24.5 Å². The van der Waals surface area contributed by atoms with Gasteiger partial charge in [-0.05, 0) is 0 Å². The molecule has 0 aliphatic heterocycles. The summed E-state index contributed by atoms with van der Waals surface area (Å²) in [6.45, 7) is -1.41. The predicted octanol–water partition coefficient (Wildman–Crippen LogP) is -7.95. The summed E-state index contributed by atoms with van der Waals surface area (Å²) in [7, 11) is 0. The number of aldehydes is 2. The van der Waals surface area contributed by atoms with Crippen LogP contribution in [-0.4, -0.2) is 144 Å². The molecule has 17 heteroatoms. The number of carboxylic acids is 2. The van der Waals surface area contributed by atoms with Crippen LogP contribution in [0, 0.1) is 0 Å². The summed E-state index contributed by atoms with van der Waals surface area (Å²) in [5, 5.41) is 86.4.